The number of nitrogens with zero attached hydrogens (tertiary/aromatic N) is 2. The molecule has 2 aliphatic heterocycles. The van der Waals surface area contributed by atoms with Gasteiger partial charge in [0.25, 0.3) is 0 Å². The smallest absolute Gasteiger partial charge is 0.234 e. The first-order valence-electron chi connectivity index (χ1n) is 8.62. The van der Waals surface area contributed by atoms with Gasteiger partial charge in [-0.25, -0.2) is 0 Å². The van der Waals surface area contributed by atoms with Gasteiger partial charge in [0, 0.05) is 24.2 Å². The average molecular weight is 350 g/mol. The molecule has 2 N–H and O–H groups in total. The number of halogens is 1. The number of rotatable bonds is 4. The van der Waals surface area contributed by atoms with E-state index in [2.05, 4.69) is 4.90 Å². The molecule has 2 saturated heterocycles. The number of hydrogen-bond acceptors (Lipinski definition) is 3. The summed E-state index contributed by atoms with van der Waals surface area (Å²) in [5.41, 5.74) is 6.39. The molecule has 0 bridgehead atoms. The third-order valence-corrected chi connectivity index (χ3v) is 5.58. The fraction of sp³-hybridized carbons (Fsp3) is 0.556. The Balaban J connectivity index is 1.54. The first-order chi connectivity index (χ1) is 11.6. The number of carbonyl (C=O) groups is 2. The van der Waals surface area contributed by atoms with Gasteiger partial charge in [0.2, 0.25) is 11.8 Å². The van der Waals surface area contributed by atoms with Crippen LogP contribution in [-0.4, -0.2) is 53.3 Å². The molecule has 24 heavy (non-hydrogen) atoms. The average Bonchev–Trinajstić information content (AvgIpc) is 3.07. The van der Waals surface area contributed by atoms with Crippen LogP contribution in [0.5, 0.6) is 0 Å². The van der Waals surface area contributed by atoms with E-state index in [0.29, 0.717) is 17.5 Å². The molecule has 0 unspecified atom stereocenters. The van der Waals surface area contributed by atoms with E-state index in [4.69, 9.17) is 17.3 Å². The number of hydrogen-bond donors (Lipinski definition) is 1. The van der Waals surface area contributed by atoms with E-state index in [1.54, 1.807) is 0 Å². The summed E-state index contributed by atoms with van der Waals surface area (Å²) >= 11 is 6.14. The fourth-order valence-corrected chi connectivity index (χ4v) is 4.10. The van der Waals surface area contributed by atoms with Gasteiger partial charge in [-0.3, -0.25) is 14.5 Å². The maximum Gasteiger partial charge on any atom is 0.234 e. The van der Waals surface area contributed by atoms with Crippen molar-refractivity contribution in [2.45, 2.75) is 44.2 Å². The van der Waals surface area contributed by atoms with Crippen LogP contribution >= 0.6 is 11.6 Å². The largest absolute Gasteiger partial charge is 0.368 e. The van der Waals surface area contributed by atoms with Crippen LogP contribution in [0.4, 0.5) is 0 Å². The third kappa shape index (κ3) is 3.73. The molecular weight excluding hydrogens is 326 g/mol. The maximum absolute atomic E-state index is 12.5. The second kappa shape index (κ2) is 7.53. The summed E-state index contributed by atoms with van der Waals surface area (Å²) in [5, 5.41) is 0.641. The molecule has 1 aromatic carbocycles. The van der Waals surface area contributed by atoms with Crippen molar-refractivity contribution in [3.63, 3.8) is 0 Å². The van der Waals surface area contributed by atoms with Gasteiger partial charge in [-0.05, 0) is 43.9 Å². The first-order valence-corrected chi connectivity index (χ1v) is 9.00. The molecule has 0 aromatic heterocycles. The highest BCUT2D eigenvalue weighted by atomic mass is 35.5. The molecule has 2 aliphatic rings. The molecule has 2 heterocycles. The van der Waals surface area contributed by atoms with Crippen molar-refractivity contribution in [3.05, 3.63) is 34.9 Å². The molecule has 1 atom stereocenters. The van der Waals surface area contributed by atoms with Crippen molar-refractivity contribution in [3.8, 4) is 0 Å². The van der Waals surface area contributed by atoms with Crippen molar-refractivity contribution < 1.29 is 9.59 Å². The fourth-order valence-electron chi connectivity index (χ4n) is 3.90. The van der Waals surface area contributed by atoms with E-state index < -0.39 is 0 Å². The summed E-state index contributed by atoms with van der Waals surface area (Å²) in [5.74, 6) is -0.0980. The molecule has 2 amide bonds. The lowest BCUT2D eigenvalue weighted by atomic mass is 10.0. The Labute approximate surface area is 147 Å². The van der Waals surface area contributed by atoms with Gasteiger partial charge in [-0.15, -0.1) is 0 Å². The molecule has 0 radical (unpaired) electrons. The number of primary amides is 1. The van der Waals surface area contributed by atoms with Crippen LogP contribution in [0.1, 0.15) is 31.2 Å². The number of benzene rings is 1. The molecular formula is C18H24ClN3O2. The quantitative estimate of drug-likeness (QED) is 0.901. The number of nitrogens with two attached hydrogens (primary N) is 1. The molecule has 3 rings (SSSR count). The highest BCUT2D eigenvalue weighted by Gasteiger charge is 2.36. The van der Waals surface area contributed by atoms with Gasteiger partial charge < -0.3 is 10.6 Å². The van der Waals surface area contributed by atoms with Crippen LogP contribution in [0.3, 0.4) is 0 Å². The van der Waals surface area contributed by atoms with E-state index in [-0.39, 0.29) is 17.9 Å². The summed E-state index contributed by atoms with van der Waals surface area (Å²) in [6.07, 6.45) is 4.04. The zero-order valence-electron chi connectivity index (χ0n) is 13.8. The summed E-state index contributed by atoms with van der Waals surface area (Å²) in [6, 6.07) is 7.71. The minimum atomic E-state index is -0.218. The van der Waals surface area contributed by atoms with E-state index in [1.807, 2.05) is 29.2 Å². The zero-order valence-corrected chi connectivity index (χ0v) is 14.5. The second-order valence-electron chi connectivity index (χ2n) is 6.68. The van der Waals surface area contributed by atoms with E-state index in [0.717, 1.165) is 50.9 Å². The maximum atomic E-state index is 12.5. The summed E-state index contributed by atoms with van der Waals surface area (Å²) in [4.78, 5) is 28.2. The van der Waals surface area contributed by atoms with Gasteiger partial charge in [-0.1, -0.05) is 29.8 Å². The van der Waals surface area contributed by atoms with Crippen molar-refractivity contribution in [1.29, 1.82) is 0 Å². The molecule has 2 fully saturated rings. The van der Waals surface area contributed by atoms with Crippen LogP contribution in [0.15, 0.2) is 24.3 Å². The van der Waals surface area contributed by atoms with Crippen molar-refractivity contribution >= 4 is 23.4 Å². The van der Waals surface area contributed by atoms with Gasteiger partial charge in [0.1, 0.15) is 0 Å². The lowest BCUT2D eigenvalue weighted by Gasteiger charge is -2.38. The molecule has 6 heteroatoms. The summed E-state index contributed by atoms with van der Waals surface area (Å²) in [6.45, 7) is 2.40. The van der Waals surface area contributed by atoms with Crippen molar-refractivity contribution in [1.82, 2.24) is 9.80 Å². The molecule has 1 aromatic rings. The Morgan fingerprint density at radius 1 is 1.12 bits per heavy atom. The van der Waals surface area contributed by atoms with E-state index in [9.17, 15) is 9.59 Å². The monoisotopic (exact) mass is 349 g/mol. The van der Waals surface area contributed by atoms with Crippen LogP contribution in [-0.2, 0) is 16.0 Å². The predicted molar refractivity (Wildman–Crippen MR) is 93.7 cm³/mol. The molecule has 0 aliphatic carbocycles. The number of carbonyl (C=O) groups excluding carboxylic acids is 2. The van der Waals surface area contributed by atoms with Gasteiger partial charge in [0.05, 0.1) is 12.5 Å². The Morgan fingerprint density at radius 2 is 1.83 bits per heavy atom. The number of amides is 2. The van der Waals surface area contributed by atoms with E-state index >= 15 is 0 Å². The normalized spacial score (nSPS) is 22.7. The molecule has 130 valence electrons. The van der Waals surface area contributed by atoms with Crippen LogP contribution in [0.25, 0.3) is 0 Å². The first kappa shape index (κ1) is 17.2. The number of likely N-dealkylation sites (tertiary alicyclic amines) is 2. The third-order valence-electron chi connectivity index (χ3n) is 5.21. The zero-order chi connectivity index (χ0) is 17.1. The van der Waals surface area contributed by atoms with Crippen LogP contribution < -0.4 is 5.73 Å². The van der Waals surface area contributed by atoms with Crippen molar-refractivity contribution in [2.75, 3.05) is 19.6 Å². The lowest BCUT2D eigenvalue weighted by Crippen LogP contribution is -2.51. The van der Waals surface area contributed by atoms with Crippen LogP contribution in [0, 0.1) is 0 Å². The minimum Gasteiger partial charge on any atom is -0.368 e. The number of piperidine rings is 1. The Morgan fingerprint density at radius 3 is 2.50 bits per heavy atom. The summed E-state index contributed by atoms with van der Waals surface area (Å²) in [7, 11) is 0. The lowest BCUT2D eigenvalue weighted by molar-refractivity contribution is -0.133. The molecule has 0 saturated carbocycles. The second-order valence-corrected chi connectivity index (χ2v) is 7.09. The highest BCUT2D eigenvalue weighted by molar-refractivity contribution is 6.31. The van der Waals surface area contributed by atoms with Gasteiger partial charge in [0.15, 0.2) is 0 Å². The molecule has 5 nitrogen and oxygen atoms in total. The summed E-state index contributed by atoms with van der Waals surface area (Å²) < 4.78 is 0. The predicted octanol–water partition coefficient (Wildman–Crippen LogP) is 1.82. The standard InChI is InChI=1S/C18H24ClN3O2/c19-15-5-2-1-4-13(15)12-17(23)21-10-7-14(8-11-21)22-9-3-6-16(22)18(20)24/h1-2,4-5,14,16H,3,6-12H2,(H2,20,24)/t16-/m1/s1. The van der Waals surface area contributed by atoms with Crippen molar-refractivity contribution in [2.24, 2.45) is 5.73 Å². The van der Waals surface area contributed by atoms with Crippen LogP contribution in [0.2, 0.25) is 5.02 Å². The Kier molecular flexibility index (Phi) is 5.41. The highest BCUT2D eigenvalue weighted by Crippen LogP contribution is 2.26. The SMILES string of the molecule is NC(=O)[C@H]1CCCN1C1CCN(C(=O)Cc2ccccc2Cl)CC1. The van der Waals surface area contributed by atoms with Gasteiger partial charge in [-0.2, -0.15) is 0 Å². The topological polar surface area (TPSA) is 66.6 Å². The van der Waals surface area contributed by atoms with E-state index in [1.165, 1.54) is 0 Å². The minimum absolute atomic E-state index is 0.120. The van der Waals surface area contributed by atoms with Gasteiger partial charge >= 0.3 is 0 Å². The Hall–Kier alpha value is -1.59. The molecule has 0 spiro atoms. The Bertz CT molecular complexity index is 614.